The number of nitrogens with one attached hydrogen (secondary N) is 2. The van der Waals surface area contributed by atoms with Crippen LogP contribution in [0.1, 0.15) is 24.8 Å². The van der Waals surface area contributed by atoms with Crippen molar-refractivity contribution in [3.63, 3.8) is 0 Å². The average Bonchev–Trinajstić information content (AvgIpc) is 3.22. The Balaban J connectivity index is 1.62. The molecule has 8 nitrogen and oxygen atoms in total. The van der Waals surface area contributed by atoms with Crippen LogP contribution in [-0.2, 0) is 7.05 Å². The van der Waals surface area contributed by atoms with Gasteiger partial charge in [0.2, 0.25) is 5.95 Å². The van der Waals surface area contributed by atoms with E-state index in [1.165, 1.54) is 6.42 Å². The van der Waals surface area contributed by atoms with Crippen LogP contribution in [0.25, 0.3) is 0 Å². The second kappa shape index (κ2) is 7.94. The highest BCUT2D eigenvalue weighted by atomic mass is 15.3. The third-order valence-corrected chi connectivity index (χ3v) is 4.45. The van der Waals surface area contributed by atoms with Crippen molar-refractivity contribution in [3.05, 3.63) is 24.2 Å². The molecule has 0 radical (unpaired) electrons. The van der Waals surface area contributed by atoms with Crippen molar-refractivity contribution in [1.29, 1.82) is 5.26 Å². The van der Waals surface area contributed by atoms with Gasteiger partial charge in [-0.3, -0.25) is 9.58 Å². The highest BCUT2D eigenvalue weighted by Crippen LogP contribution is 2.20. The van der Waals surface area contributed by atoms with Gasteiger partial charge in [0.25, 0.3) is 0 Å². The second-order valence-corrected chi connectivity index (χ2v) is 6.37. The van der Waals surface area contributed by atoms with Gasteiger partial charge in [-0.25, -0.2) is 4.98 Å². The maximum Gasteiger partial charge on any atom is 0.229 e. The summed E-state index contributed by atoms with van der Waals surface area (Å²) in [6.45, 7) is 4.75. The van der Waals surface area contributed by atoms with E-state index in [4.69, 9.17) is 5.26 Å². The maximum absolute atomic E-state index is 8.79. The molecule has 0 saturated carbocycles. The van der Waals surface area contributed by atoms with Crippen LogP contribution in [0.2, 0.25) is 0 Å². The van der Waals surface area contributed by atoms with Gasteiger partial charge in [0, 0.05) is 50.6 Å². The molecule has 0 aromatic carbocycles. The fraction of sp³-hybridized carbons (Fsp3) is 0.529. The van der Waals surface area contributed by atoms with Gasteiger partial charge in [0.1, 0.15) is 5.82 Å². The summed E-state index contributed by atoms with van der Waals surface area (Å²) in [5.41, 5.74) is 1.87. The maximum atomic E-state index is 8.79. The molecule has 2 N–H and O–H groups in total. The van der Waals surface area contributed by atoms with Crippen molar-refractivity contribution in [2.75, 3.05) is 30.3 Å². The smallest absolute Gasteiger partial charge is 0.229 e. The van der Waals surface area contributed by atoms with Crippen LogP contribution in [-0.4, -0.2) is 50.3 Å². The van der Waals surface area contributed by atoms with E-state index in [1.54, 1.807) is 10.9 Å². The van der Waals surface area contributed by atoms with Crippen LogP contribution in [0, 0.1) is 18.3 Å². The van der Waals surface area contributed by atoms with Gasteiger partial charge in [0.05, 0.1) is 18.0 Å². The Morgan fingerprint density at radius 1 is 1.40 bits per heavy atom. The van der Waals surface area contributed by atoms with Gasteiger partial charge in [-0.2, -0.15) is 15.3 Å². The zero-order valence-corrected chi connectivity index (χ0v) is 14.7. The molecule has 132 valence electrons. The third-order valence-electron chi connectivity index (χ3n) is 4.45. The molecular weight excluding hydrogens is 316 g/mol. The average molecular weight is 340 g/mol. The lowest BCUT2D eigenvalue weighted by atomic mass is 10.2. The van der Waals surface area contributed by atoms with E-state index >= 15 is 0 Å². The first kappa shape index (κ1) is 17.2. The first-order valence-corrected chi connectivity index (χ1v) is 8.60. The molecule has 1 aliphatic heterocycles. The number of hydrogen-bond donors (Lipinski definition) is 2. The third kappa shape index (κ3) is 4.45. The van der Waals surface area contributed by atoms with E-state index in [0.717, 1.165) is 43.1 Å². The minimum Gasteiger partial charge on any atom is -0.368 e. The Morgan fingerprint density at radius 3 is 3.04 bits per heavy atom. The summed E-state index contributed by atoms with van der Waals surface area (Å²) in [7, 11) is 1.87. The highest BCUT2D eigenvalue weighted by molar-refractivity contribution is 5.54. The van der Waals surface area contributed by atoms with Gasteiger partial charge in [0.15, 0.2) is 0 Å². The van der Waals surface area contributed by atoms with E-state index in [2.05, 4.69) is 36.7 Å². The number of nitrogens with zero attached hydrogens (tertiary/aromatic N) is 6. The predicted molar refractivity (Wildman–Crippen MR) is 96.6 cm³/mol. The molecule has 3 rings (SSSR count). The molecule has 0 aliphatic carbocycles. The topological polar surface area (TPSA) is 94.7 Å². The first-order chi connectivity index (χ1) is 12.2. The van der Waals surface area contributed by atoms with E-state index in [9.17, 15) is 0 Å². The van der Waals surface area contributed by atoms with Crippen LogP contribution < -0.4 is 10.6 Å². The van der Waals surface area contributed by atoms with Gasteiger partial charge in [-0.1, -0.05) is 0 Å². The minimum atomic E-state index is 0.456. The molecule has 0 amide bonds. The number of aromatic nitrogens is 4. The fourth-order valence-corrected chi connectivity index (χ4v) is 3.12. The van der Waals surface area contributed by atoms with E-state index in [1.807, 2.05) is 26.4 Å². The zero-order chi connectivity index (χ0) is 17.6. The molecular formula is C17H24N8. The number of aryl methyl sites for hydroxylation is 2. The van der Waals surface area contributed by atoms with Crippen molar-refractivity contribution in [1.82, 2.24) is 24.6 Å². The van der Waals surface area contributed by atoms with Crippen LogP contribution in [0.5, 0.6) is 0 Å². The van der Waals surface area contributed by atoms with Crippen molar-refractivity contribution in [3.8, 4) is 6.07 Å². The van der Waals surface area contributed by atoms with E-state index in [-0.39, 0.29) is 0 Å². The number of anilines is 3. The van der Waals surface area contributed by atoms with Crippen molar-refractivity contribution < 1.29 is 0 Å². The number of hydrogen-bond acceptors (Lipinski definition) is 7. The molecule has 2 aromatic rings. The molecule has 1 fully saturated rings. The lowest BCUT2D eigenvalue weighted by Gasteiger charge is -2.24. The molecule has 8 heteroatoms. The number of nitriles is 1. The Kier molecular flexibility index (Phi) is 5.46. The first-order valence-electron chi connectivity index (χ1n) is 8.60. The molecule has 3 heterocycles. The standard InChI is InChI=1S/C17H24N8/c1-13-9-20-17(22-14-10-21-24(2)12-14)23-16(13)19-11-15-5-3-7-25(15)8-4-6-18/h9-10,12,15H,3-5,7-8,11H2,1-2H3,(H2,19,20,22,23)/t15-/m0/s1. The van der Waals surface area contributed by atoms with Gasteiger partial charge >= 0.3 is 0 Å². The quantitative estimate of drug-likeness (QED) is 0.796. The molecule has 0 bridgehead atoms. The molecule has 2 aromatic heterocycles. The van der Waals surface area contributed by atoms with Crippen molar-refractivity contribution in [2.24, 2.45) is 7.05 Å². The Hall–Kier alpha value is -2.66. The van der Waals surface area contributed by atoms with E-state index in [0.29, 0.717) is 18.4 Å². The van der Waals surface area contributed by atoms with Crippen LogP contribution in [0.4, 0.5) is 17.5 Å². The van der Waals surface area contributed by atoms with Crippen LogP contribution in [0.15, 0.2) is 18.6 Å². The molecule has 1 atom stereocenters. The van der Waals surface area contributed by atoms with Crippen LogP contribution in [0.3, 0.4) is 0 Å². The summed E-state index contributed by atoms with van der Waals surface area (Å²) in [5.74, 6) is 1.39. The van der Waals surface area contributed by atoms with Gasteiger partial charge in [-0.15, -0.1) is 0 Å². The van der Waals surface area contributed by atoms with Crippen molar-refractivity contribution in [2.45, 2.75) is 32.2 Å². The number of likely N-dealkylation sites (tertiary alicyclic amines) is 1. The molecule has 25 heavy (non-hydrogen) atoms. The lowest BCUT2D eigenvalue weighted by Crippen LogP contribution is -2.35. The largest absolute Gasteiger partial charge is 0.368 e. The molecule has 1 saturated heterocycles. The molecule has 0 unspecified atom stereocenters. The van der Waals surface area contributed by atoms with Gasteiger partial charge in [-0.05, 0) is 26.3 Å². The zero-order valence-electron chi connectivity index (χ0n) is 14.7. The highest BCUT2D eigenvalue weighted by Gasteiger charge is 2.23. The monoisotopic (exact) mass is 340 g/mol. The second-order valence-electron chi connectivity index (χ2n) is 6.37. The summed E-state index contributed by atoms with van der Waals surface area (Å²) in [5, 5.41) is 19.5. The SMILES string of the molecule is Cc1cnc(Nc2cnn(C)c2)nc1NC[C@@H]1CCCN1CCC#N. The summed E-state index contributed by atoms with van der Waals surface area (Å²) in [4.78, 5) is 11.3. The minimum absolute atomic E-state index is 0.456. The predicted octanol–water partition coefficient (Wildman–Crippen LogP) is 2.05. The summed E-state index contributed by atoms with van der Waals surface area (Å²) < 4.78 is 1.73. The van der Waals surface area contributed by atoms with Gasteiger partial charge < -0.3 is 10.6 Å². The lowest BCUT2D eigenvalue weighted by molar-refractivity contribution is 0.268. The molecule has 1 aliphatic rings. The van der Waals surface area contributed by atoms with Crippen molar-refractivity contribution >= 4 is 17.5 Å². The summed E-state index contributed by atoms with van der Waals surface area (Å²) >= 11 is 0. The Morgan fingerprint density at radius 2 is 2.28 bits per heavy atom. The number of rotatable bonds is 7. The van der Waals surface area contributed by atoms with E-state index < -0.39 is 0 Å². The molecule has 0 spiro atoms. The normalized spacial score (nSPS) is 17.4. The Labute approximate surface area is 147 Å². The fourth-order valence-electron chi connectivity index (χ4n) is 3.12. The summed E-state index contributed by atoms with van der Waals surface area (Å²) in [6, 6.07) is 2.69. The summed E-state index contributed by atoms with van der Waals surface area (Å²) in [6.07, 6.45) is 8.36. The Bertz CT molecular complexity index is 747. The van der Waals surface area contributed by atoms with Crippen LogP contribution >= 0.6 is 0 Å².